The number of amides is 1. The van der Waals surface area contributed by atoms with Crippen molar-refractivity contribution >= 4 is 15.9 Å². The van der Waals surface area contributed by atoms with Crippen molar-refractivity contribution in [3.63, 3.8) is 0 Å². The molecule has 0 atom stereocenters. The zero-order valence-corrected chi connectivity index (χ0v) is 21.4. The van der Waals surface area contributed by atoms with Gasteiger partial charge in [0.1, 0.15) is 0 Å². The number of rotatable bonds is 11. The summed E-state index contributed by atoms with van der Waals surface area (Å²) in [4.78, 5) is 17.4. The molecule has 2 aromatic carbocycles. The average molecular weight is 499 g/mol. The quantitative estimate of drug-likeness (QED) is 0.466. The van der Waals surface area contributed by atoms with E-state index in [9.17, 15) is 13.2 Å². The topological polar surface area (TPSA) is 81.7 Å². The van der Waals surface area contributed by atoms with Gasteiger partial charge in [0, 0.05) is 52.2 Å². The minimum absolute atomic E-state index is 0.106. The number of hydrogen-bond donors (Lipinski definition) is 2. The highest BCUT2D eigenvalue weighted by atomic mass is 32.2. The summed E-state index contributed by atoms with van der Waals surface area (Å²) in [7, 11) is -3.59. The summed E-state index contributed by atoms with van der Waals surface area (Å²) in [5, 5.41) is 2.92. The number of carbonyl (C=O) groups is 1. The standard InChI is InChI=1S/C27H38N4O3S/c32-27(13-15-29-35(33,34)26-12-11-24-9-4-5-10-25(24)21-26)28-14-6-16-30-17-19-31(20-18-30)22-23-7-2-1-3-8-23/h1-3,7-8,11-12,21,29H,4-6,9-10,13-20,22H2,(H,28,32). The van der Waals surface area contributed by atoms with Crippen LogP contribution < -0.4 is 10.0 Å². The molecule has 7 nitrogen and oxygen atoms in total. The summed E-state index contributed by atoms with van der Waals surface area (Å²) in [6.45, 7) is 6.90. The Hall–Kier alpha value is -2.26. The molecule has 1 saturated heterocycles. The van der Waals surface area contributed by atoms with Crippen LogP contribution in [-0.2, 0) is 34.2 Å². The van der Waals surface area contributed by atoms with Crippen molar-refractivity contribution in [1.82, 2.24) is 19.8 Å². The highest BCUT2D eigenvalue weighted by Gasteiger charge is 2.18. The fourth-order valence-electron chi connectivity index (χ4n) is 4.89. The second-order valence-electron chi connectivity index (χ2n) is 9.59. The first-order valence-electron chi connectivity index (χ1n) is 12.9. The van der Waals surface area contributed by atoms with Gasteiger partial charge in [-0.2, -0.15) is 0 Å². The number of nitrogens with one attached hydrogen (secondary N) is 2. The van der Waals surface area contributed by atoms with Crippen molar-refractivity contribution in [1.29, 1.82) is 0 Å². The van der Waals surface area contributed by atoms with Crippen LogP contribution in [0.1, 0.15) is 42.4 Å². The largest absolute Gasteiger partial charge is 0.356 e. The van der Waals surface area contributed by atoms with Crippen LogP contribution in [-0.4, -0.2) is 69.9 Å². The van der Waals surface area contributed by atoms with Gasteiger partial charge in [0.05, 0.1) is 4.90 Å². The van der Waals surface area contributed by atoms with Gasteiger partial charge in [-0.25, -0.2) is 13.1 Å². The SMILES string of the molecule is O=C(CCNS(=O)(=O)c1ccc2c(c1)CCCC2)NCCCN1CCN(Cc2ccccc2)CC1. The summed E-state index contributed by atoms with van der Waals surface area (Å²) < 4.78 is 27.8. The lowest BCUT2D eigenvalue weighted by Gasteiger charge is -2.34. The van der Waals surface area contributed by atoms with E-state index in [0.29, 0.717) is 11.4 Å². The number of piperazine rings is 1. The maximum Gasteiger partial charge on any atom is 0.240 e. The average Bonchev–Trinajstić information content (AvgIpc) is 2.88. The Kier molecular flexibility index (Phi) is 9.31. The Morgan fingerprint density at radius 1 is 0.857 bits per heavy atom. The Bertz CT molecular complexity index is 1070. The van der Waals surface area contributed by atoms with Crippen LogP contribution in [0, 0.1) is 0 Å². The monoisotopic (exact) mass is 498 g/mol. The van der Waals surface area contributed by atoms with Crippen LogP contribution in [0.2, 0.25) is 0 Å². The molecule has 0 saturated carbocycles. The lowest BCUT2D eigenvalue weighted by molar-refractivity contribution is -0.120. The van der Waals surface area contributed by atoms with E-state index in [1.807, 2.05) is 6.07 Å². The maximum atomic E-state index is 12.6. The molecule has 2 aliphatic rings. The van der Waals surface area contributed by atoms with E-state index in [2.05, 4.69) is 50.2 Å². The molecule has 0 bridgehead atoms. The third-order valence-electron chi connectivity index (χ3n) is 6.96. The smallest absolute Gasteiger partial charge is 0.240 e. The van der Waals surface area contributed by atoms with Crippen LogP contribution in [0.4, 0.5) is 0 Å². The maximum absolute atomic E-state index is 12.6. The molecule has 4 rings (SSSR count). The van der Waals surface area contributed by atoms with Crippen LogP contribution in [0.15, 0.2) is 53.4 Å². The zero-order chi connectivity index (χ0) is 24.5. The minimum atomic E-state index is -3.59. The molecule has 1 heterocycles. The summed E-state index contributed by atoms with van der Waals surface area (Å²) in [6.07, 6.45) is 5.26. The third kappa shape index (κ3) is 7.87. The van der Waals surface area contributed by atoms with E-state index in [1.54, 1.807) is 12.1 Å². The molecule has 190 valence electrons. The molecule has 1 fully saturated rings. The van der Waals surface area contributed by atoms with Gasteiger partial charge in [0.15, 0.2) is 0 Å². The summed E-state index contributed by atoms with van der Waals surface area (Å²) in [6, 6.07) is 16.0. The highest BCUT2D eigenvalue weighted by Crippen LogP contribution is 2.24. The second-order valence-corrected chi connectivity index (χ2v) is 11.4. The predicted molar refractivity (Wildman–Crippen MR) is 139 cm³/mol. The fourth-order valence-corrected chi connectivity index (χ4v) is 5.97. The van der Waals surface area contributed by atoms with Gasteiger partial charge in [-0.1, -0.05) is 36.4 Å². The molecule has 0 aromatic heterocycles. The number of fused-ring (bicyclic) bond motifs is 1. The van der Waals surface area contributed by atoms with Crippen molar-refractivity contribution in [2.24, 2.45) is 0 Å². The van der Waals surface area contributed by atoms with Crippen molar-refractivity contribution in [2.75, 3.05) is 45.8 Å². The van der Waals surface area contributed by atoms with Gasteiger partial charge in [0.2, 0.25) is 15.9 Å². The molecule has 2 N–H and O–H groups in total. The lowest BCUT2D eigenvalue weighted by Crippen LogP contribution is -2.46. The first-order chi connectivity index (χ1) is 17.0. The molecule has 0 spiro atoms. The molecular weight excluding hydrogens is 460 g/mol. The van der Waals surface area contributed by atoms with Crippen molar-refractivity contribution < 1.29 is 13.2 Å². The normalized spacial score (nSPS) is 17.1. The minimum Gasteiger partial charge on any atom is -0.356 e. The fraction of sp³-hybridized carbons (Fsp3) is 0.519. The second kappa shape index (κ2) is 12.6. The highest BCUT2D eigenvalue weighted by molar-refractivity contribution is 7.89. The van der Waals surface area contributed by atoms with Gasteiger partial charge in [0.25, 0.3) is 0 Å². The molecule has 1 aliphatic carbocycles. The molecule has 8 heteroatoms. The van der Waals surface area contributed by atoms with E-state index in [-0.39, 0.29) is 18.9 Å². The summed E-state index contributed by atoms with van der Waals surface area (Å²) in [5.41, 5.74) is 3.74. The van der Waals surface area contributed by atoms with E-state index >= 15 is 0 Å². The molecule has 2 aromatic rings. The zero-order valence-electron chi connectivity index (χ0n) is 20.5. The lowest BCUT2D eigenvalue weighted by atomic mass is 9.92. The summed E-state index contributed by atoms with van der Waals surface area (Å²) >= 11 is 0. The van der Waals surface area contributed by atoms with Gasteiger partial charge in [-0.15, -0.1) is 0 Å². The van der Waals surface area contributed by atoms with Crippen LogP contribution in [0.5, 0.6) is 0 Å². The van der Waals surface area contributed by atoms with Gasteiger partial charge in [-0.05, 0) is 67.5 Å². The van der Waals surface area contributed by atoms with Crippen LogP contribution in [0.25, 0.3) is 0 Å². The Labute approximate surface area is 209 Å². The molecule has 1 aliphatic heterocycles. The Morgan fingerprint density at radius 2 is 1.57 bits per heavy atom. The molecular formula is C27H38N4O3S. The van der Waals surface area contributed by atoms with Gasteiger partial charge < -0.3 is 10.2 Å². The third-order valence-corrected chi connectivity index (χ3v) is 8.42. The van der Waals surface area contributed by atoms with E-state index in [0.717, 1.165) is 76.9 Å². The number of hydrogen-bond acceptors (Lipinski definition) is 5. The van der Waals surface area contributed by atoms with Gasteiger partial charge in [-0.3, -0.25) is 9.69 Å². The molecule has 0 unspecified atom stereocenters. The van der Waals surface area contributed by atoms with Crippen LogP contribution >= 0.6 is 0 Å². The van der Waals surface area contributed by atoms with Crippen molar-refractivity contribution in [3.05, 3.63) is 65.2 Å². The summed E-state index contributed by atoms with van der Waals surface area (Å²) in [5.74, 6) is -0.120. The molecule has 0 radical (unpaired) electrons. The Morgan fingerprint density at radius 3 is 2.34 bits per heavy atom. The molecule has 35 heavy (non-hydrogen) atoms. The van der Waals surface area contributed by atoms with E-state index in [1.165, 1.54) is 11.1 Å². The van der Waals surface area contributed by atoms with Gasteiger partial charge >= 0.3 is 0 Å². The number of sulfonamides is 1. The first kappa shape index (κ1) is 25.8. The number of benzene rings is 2. The first-order valence-corrected chi connectivity index (χ1v) is 14.3. The van der Waals surface area contributed by atoms with Crippen molar-refractivity contribution in [3.8, 4) is 0 Å². The van der Waals surface area contributed by atoms with E-state index < -0.39 is 10.0 Å². The van der Waals surface area contributed by atoms with Crippen molar-refractivity contribution in [2.45, 2.75) is 50.0 Å². The number of nitrogens with zero attached hydrogens (tertiary/aromatic N) is 2. The Balaban J connectivity index is 1.08. The number of carbonyl (C=O) groups excluding carboxylic acids is 1. The molecule has 1 amide bonds. The number of aryl methyl sites for hydroxylation is 2. The van der Waals surface area contributed by atoms with E-state index in [4.69, 9.17) is 0 Å². The van der Waals surface area contributed by atoms with Crippen LogP contribution in [0.3, 0.4) is 0 Å². The predicted octanol–water partition coefficient (Wildman–Crippen LogP) is 2.56.